The number of ether oxygens (including phenoxy) is 2. The fourth-order valence-electron chi connectivity index (χ4n) is 3.40. The summed E-state index contributed by atoms with van der Waals surface area (Å²) in [4.78, 5) is 0.565. The van der Waals surface area contributed by atoms with E-state index in [2.05, 4.69) is 0 Å². The molecule has 0 atom stereocenters. The zero-order chi connectivity index (χ0) is 19.9. The highest BCUT2D eigenvalue weighted by Gasteiger charge is 2.22. The summed E-state index contributed by atoms with van der Waals surface area (Å²) in [5, 5.41) is 3.20. The summed E-state index contributed by atoms with van der Waals surface area (Å²) >= 11 is 0. The number of rotatable bonds is 4. The fraction of sp³-hybridized carbons (Fsp3) is 0.130. The van der Waals surface area contributed by atoms with Crippen molar-refractivity contribution < 1.29 is 17.9 Å². The lowest BCUT2D eigenvalue weighted by atomic mass is 10.0. The van der Waals surface area contributed by atoms with Crippen LogP contribution in [0.3, 0.4) is 0 Å². The van der Waals surface area contributed by atoms with Crippen molar-refractivity contribution in [3.05, 3.63) is 72.3 Å². The molecule has 0 bridgehead atoms. The van der Waals surface area contributed by atoms with E-state index in [1.807, 2.05) is 43.3 Å². The van der Waals surface area contributed by atoms with Gasteiger partial charge in [-0.25, -0.2) is 8.42 Å². The van der Waals surface area contributed by atoms with Crippen LogP contribution in [0.5, 0.6) is 11.5 Å². The van der Waals surface area contributed by atoms with Crippen LogP contribution in [0.2, 0.25) is 0 Å². The molecule has 0 unspecified atom stereocenters. The van der Waals surface area contributed by atoms with Gasteiger partial charge in [-0.1, -0.05) is 23.8 Å². The largest absolute Gasteiger partial charge is 0.497 e. The minimum absolute atomic E-state index is 0.281. The second-order valence-electron chi connectivity index (χ2n) is 6.69. The molecular formula is C23H20O4S. The number of hydrogen-bond acceptors (Lipinski definition) is 4. The van der Waals surface area contributed by atoms with Gasteiger partial charge in [-0.3, -0.25) is 0 Å². The van der Waals surface area contributed by atoms with Crippen LogP contribution in [-0.4, -0.2) is 22.6 Å². The van der Waals surface area contributed by atoms with Gasteiger partial charge >= 0.3 is 0 Å². The molecular weight excluding hydrogens is 372 g/mol. The molecule has 0 saturated carbocycles. The Bertz CT molecular complexity index is 1290. The van der Waals surface area contributed by atoms with Gasteiger partial charge in [0.05, 0.1) is 24.0 Å². The van der Waals surface area contributed by atoms with Crippen LogP contribution in [0.1, 0.15) is 5.56 Å². The van der Waals surface area contributed by atoms with Crippen LogP contribution in [0.15, 0.2) is 76.5 Å². The van der Waals surface area contributed by atoms with Gasteiger partial charge in [-0.05, 0) is 71.6 Å². The first-order valence-electron chi connectivity index (χ1n) is 8.84. The molecule has 0 aliphatic carbocycles. The lowest BCUT2D eigenvalue weighted by Crippen LogP contribution is -2.03. The van der Waals surface area contributed by atoms with Crippen LogP contribution >= 0.6 is 0 Å². The summed E-state index contributed by atoms with van der Waals surface area (Å²) in [5.41, 5.74) is 1.01. The number of fused-ring (bicyclic) bond motifs is 3. The van der Waals surface area contributed by atoms with E-state index in [1.54, 1.807) is 44.6 Å². The van der Waals surface area contributed by atoms with Crippen molar-refractivity contribution in [1.82, 2.24) is 0 Å². The van der Waals surface area contributed by atoms with Crippen LogP contribution < -0.4 is 9.47 Å². The molecule has 0 saturated heterocycles. The first-order chi connectivity index (χ1) is 13.4. The Morgan fingerprint density at radius 2 is 1.29 bits per heavy atom. The number of sulfone groups is 1. The average molecular weight is 392 g/mol. The van der Waals surface area contributed by atoms with Crippen LogP contribution in [0.4, 0.5) is 0 Å². The molecule has 28 heavy (non-hydrogen) atoms. The Morgan fingerprint density at radius 1 is 0.679 bits per heavy atom. The molecule has 0 fully saturated rings. The first-order valence-corrected chi connectivity index (χ1v) is 10.3. The normalized spacial score (nSPS) is 11.7. The molecule has 4 rings (SSSR count). The van der Waals surface area contributed by atoms with Crippen molar-refractivity contribution in [2.45, 2.75) is 16.7 Å². The van der Waals surface area contributed by atoms with Crippen LogP contribution in [0.25, 0.3) is 21.5 Å². The summed E-state index contributed by atoms with van der Waals surface area (Å²) in [6.07, 6.45) is 0. The van der Waals surface area contributed by atoms with Gasteiger partial charge in [0.2, 0.25) is 9.84 Å². The molecule has 0 N–H and O–H groups in total. The average Bonchev–Trinajstić information content (AvgIpc) is 2.72. The number of methoxy groups -OCH3 is 2. The van der Waals surface area contributed by atoms with Gasteiger partial charge in [0, 0.05) is 5.39 Å². The van der Waals surface area contributed by atoms with Gasteiger partial charge in [0.15, 0.2) is 0 Å². The maximum Gasteiger partial charge on any atom is 0.207 e. The smallest absolute Gasteiger partial charge is 0.207 e. The molecule has 142 valence electrons. The third kappa shape index (κ3) is 2.98. The molecule has 0 spiro atoms. The highest BCUT2D eigenvalue weighted by atomic mass is 32.2. The van der Waals surface area contributed by atoms with E-state index >= 15 is 0 Å². The van der Waals surface area contributed by atoms with Gasteiger partial charge < -0.3 is 9.47 Å². The van der Waals surface area contributed by atoms with Crippen LogP contribution in [0, 0.1) is 6.92 Å². The van der Waals surface area contributed by atoms with Crippen LogP contribution in [-0.2, 0) is 9.84 Å². The molecule has 0 amide bonds. The van der Waals surface area contributed by atoms with E-state index in [1.165, 1.54) is 0 Å². The van der Waals surface area contributed by atoms with E-state index in [0.29, 0.717) is 16.9 Å². The predicted molar refractivity (Wildman–Crippen MR) is 111 cm³/mol. The minimum atomic E-state index is -3.68. The Morgan fingerprint density at radius 3 is 1.93 bits per heavy atom. The molecule has 4 aromatic rings. The zero-order valence-electron chi connectivity index (χ0n) is 15.9. The van der Waals surface area contributed by atoms with E-state index in [9.17, 15) is 8.42 Å². The van der Waals surface area contributed by atoms with Crippen molar-refractivity contribution in [2.24, 2.45) is 0 Å². The van der Waals surface area contributed by atoms with Gasteiger partial charge in [-0.2, -0.15) is 0 Å². The Kier molecular flexibility index (Phi) is 4.47. The highest BCUT2D eigenvalue weighted by molar-refractivity contribution is 7.91. The van der Waals surface area contributed by atoms with Gasteiger partial charge in [0.25, 0.3) is 0 Å². The van der Waals surface area contributed by atoms with Crippen molar-refractivity contribution in [1.29, 1.82) is 0 Å². The molecule has 0 aliphatic rings. The maximum absolute atomic E-state index is 13.4. The summed E-state index contributed by atoms with van der Waals surface area (Å²) in [7, 11) is -0.476. The summed E-state index contributed by atoms with van der Waals surface area (Å²) in [6, 6.07) is 19.7. The van der Waals surface area contributed by atoms with Crippen molar-refractivity contribution in [3.63, 3.8) is 0 Å². The third-order valence-electron chi connectivity index (χ3n) is 4.95. The van der Waals surface area contributed by atoms with E-state index in [4.69, 9.17) is 9.47 Å². The standard InChI is InChI=1S/C23H20O4S/c1-15-4-9-19(10-5-15)28(24,25)23-12-16-6-7-17(26-2)13-21(16)22-14-18(27-3)8-11-20(22)23/h4-14H,1-3H3. The van der Waals surface area contributed by atoms with Crippen molar-refractivity contribution in [3.8, 4) is 11.5 Å². The highest BCUT2D eigenvalue weighted by Crippen LogP contribution is 2.37. The third-order valence-corrected chi connectivity index (χ3v) is 6.76. The SMILES string of the molecule is COc1ccc2cc(S(=O)(=O)c3ccc(C)cc3)c3ccc(OC)cc3c2c1. The summed E-state index contributed by atoms with van der Waals surface area (Å²) in [5.74, 6) is 1.38. The molecule has 0 aromatic heterocycles. The maximum atomic E-state index is 13.4. The lowest BCUT2D eigenvalue weighted by Gasteiger charge is -2.13. The van der Waals surface area contributed by atoms with Gasteiger partial charge in [-0.15, -0.1) is 0 Å². The molecule has 0 aliphatic heterocycles. The number of benzene rings is 4. The minimum Gasteiger partial charge on any atom is -0.497 e. The Balaban J connectivity index is 2.09. The summed E-state index contributed by atoms with van der Waals surface area (Å²) < 4.78 is 37.6. The molecule has 0 heterocycles. The Hall–Kier alpha value is -3.05. The fourth-order valence-corrected chi connectivity index (χ4v) is 4.89. The first kappa shape index (κ1) is 18.3. The molecule has 0 radical (unpaired) electrons. The summed E-state index contributed by atoms with van der Waals surface area (Å²) in [6.45, 7) is 1.93. The van der Waals surface area contributed by atoms with E-state index in [0.717, 1.165) is 21.7 Å². The monoisotopic (exact) mass is 392 g/mol. The van der Waals surface area contributed by atoms with E-state index < -0.39 is 9.84 Å². The number of hydrogen-bond donors (Lipinski definition) is 0. The molecule has 4 nitrogen and oxygen atoms in total. The second kappa shape index (κ2) is 6.84. The predicted octanol–water partition coefficient (Wildman–Crippen LogP) is 5.15. The Labute approximate surface area is 164 Å². The topological polar surface area (TPSA) is 52.6 Å². The lowest BCUT2D eigenvalue weighted by molar-refractivity contribution is 0.415. The van der Waals surface area contributed by atoms with Gasteiger partial charge in [0.1, 0.15) is 11.5 Å². The second-order valence-corrected chi connectivity index (χ2v) is 8.61. The van der Waals surface area contributed by atoms with E-state index in [-0.39, 0.29) is 9.79 Å². The quantitative estimate of drug-likeness (QED) is 0.451. The van der Waals surface area contributed by atoms with Crippen molar-refractivity contribution in [2.75, 3.05) is 14.2 Å². The van der Waals surface area contributed by atoms with Crippen molar-refractivity contribution >= 4 is 31.4 Å². The molecule has 5 heteroatoms. The molecule has 4 aromatic carbocycles. The zero-order valence-corrected chi connectivity index (χ0v) is 16.7. The number of aryl methyl sites for hydroxylation is 1.